The van der Waals surface area contributed by atoms with Gasteiger partial charge < -0.3 is 19.9 Å². The summed E-state index contributed by atoms with van der Waals surface area (Å²) >= 11 is 0. The molecule has 0 radical (unpaired) electrons. The van der Waals surface area contributed by atoms with E-state index in [1.54, 1.807) is 0 Å². The van der Waals surface area contributed by atoms with Gasteiger partial charge in [0, 0.05) is 32.1 Å². The lowest BCUT2D eigenvalue weighted by atomic mass is 9.99. The van der Waals surface area contributed by atoms with Crippen LogP contribution in [0.3, 0.4) is 0 Å². The number of ether oxygens (including phenoxy) is 1. The Kier molecular flexibility index (Phi) is 7.11. The van der Waals surface area contributed by atoms with E-state index in [0.717, 1.165) is 45.2 Å². The Morgan fingerprint density at radius 1 is 1.04 bits per heavy atom. The third kappa shape index (κ3) is 4.58. The summed E-state index contributed by atoms with van der Waals surface area (Å²) < 4.78 is 5.32. The van der Waals surface area contributed by atoms with Crippen molar-refractivity contribution in [1.82, 2.24) is 15.1 Å². The summed E-state index contributed by atoms with van der Waals surface area (Å²) in [6, 6.07) is 0.0503. The number of amides is 2. The quantitative estimate of drug-likeness (QED) is 0.821. The monoisotopic (exact) mass is 345 g/mol. The van der Waals surface area contributed by atoms with Crippen molar-refractivity contribution in [1.29, 1.82) is 0 Å². The normalized spacial score (nSPS) is 28.3. The van der Waals surface area contributed by atoms with E-state index in [9.17, 15) is 9.59 Å². The molecule has 0 aromatic rings. The Morgan fingerprint density at radius 2 is 1.83 bits per heavy atom. The molecular weight excluding hydrogens is 318 g/mol. The molecule has 3 rings (SSSR count). The zero-order chi connectivity index (χ0) is 15.4. The third-order valence-corrected chi connectivity index (χ3v) is 5.01. The molecule has 2 unspecified atom stereocenters. The van der Waals surface area contributed by atoms with Crippen LogP contribution in [0.4, 0.5) is 0 Å². The van der Waals surface area contributed by atoms with Crippen molar-refractivity contribution in [3.63, 3.8) is 0 Å². The number of nitrogens with one attached hydrogen (secondary N) is 1. The van der Waals surface area contributed by atoms with Crippen LogP contribution in [0.25, 0.3) is 0 Å². The van der Waals surface area contributed by atoms with Crippen LogP contribution in [0, 0.1) is 0 Å². The third-order valence-electron chi connectivity index (χ3n) is 5.01. The maximum absolute atomic E-state index is 12.8. The van der Waals surface area contributed by atoms with Crippen LogP contribution in [0.5, 0.6) is 0 Å². The molecule has 0 aromatic heterocycles. The predicted octanol–water partition coefficient (Wildman–Crippen LogP) is 0.790. The maximum atomic E-state index is 12.8. The summed E-state index contributed by atoms with van der Waals surface area (Å²) in [5, 5.41) is 3.37. The molecule has 0 aromatic carbocycles. The van der Waals surface area contributed by atoms with Gasteiger partial charge >= 0.3 is 0 Å². The summed E-state index contributed by atoms with van der Waals surface area (Å²) in [4.78, 5) is 29.1. The van der Waals surface area contributed by atoms with Crippen LogP contribution in [0.2, 0.25) is 0 Å². The molecule has 3 aliphatic rings. The van der Waals surface area contributed by atoms with E-state index >= 15 is 0 Å². The van der Waals surface area contributed by atoms with Crippen molar-refractivity contribution in [3.8, 4) is 0 Å². The lowest BCUT2D eigenvalue weighted by molar-refractivity contribution is -0.150. The summed E-state index contributed by atoms with van der Waals surface area (Å²) in [6.07, 6.45) is 5.60. The summed E-state index contributed by atoms with van der Waals surface area (Å²) in [7, 11) is 0. The highest BCUT2D eigenvalue weighted by atomic mass is 35.5. The van der Waals surface area contributed by atoms with Crippen molar-refractivity contribution in [3.05, 3.63) is 0 Å². The Bertz CT molecular complexity index is 409. The molecule has 0 aliphatic carbocycles. The highest BCUT2D eigenvalue weighted by Crippen LogP contribution is 2.22. The van der Waals surface area contributed by atoms with Crippen molar-refractivity contribution < 1.29 is 14.3 Å². The number of rotatable bonds is 3. The molecule has 3 aliphatic heterocycles. The molecule has 3 saturated heterocycles. The highest BCUT2D eigenvalue weighted by molar-refractivity contribution is 5.88. The molecular formula is C16H28ClN3O3. The molecule has 0 spiro atoms. The average molecular weight is 346 g/mol. The lowest BCUT2D eigenvalue weighted by Crippen LogP contribution is -2.55. The van der Waals surface area contributed by atoms with Gasteiger partial charge in [0.2, 0.25) is 11.8 Å². The second kappa shape index (κ2) is 8.85. The van der Waals surface area contributed by atoms with Gasteiger partial charge in [-0.2, -0.15) is 0 Å². The molecule has 0 saturated carbocycles. The smallest absolute Gasteiger partial charge is 0.245 e. The first-order chi connectivity index (χ1) is 10.8. The fourth-order valence-corrected chi connectivity index (χ4v) is 3.74. The Labute approximate surface area is 144 Å². The first kappa shape index (κ1) is 18.5. The van der Waals surface area contributed by atoms with Crippen molar-refractivity contribution in [2.75, 3.05) is 39.4 Å². The van der Waals surface area contributed by atoms with Crippen LogP contribution in [0.1, 0.15) is 38.5 Å². The first-order valence-electron chi connectivity index (χ1n) is 8.65. The SMILES string of the molecule is Cl.O=C(C1CCCCN1C(=O)CC1CCCN1)N1CCOCC1. The second-order valence-electron chi connectivity index (χ2n) is 6.53. The Morgan fingerprint density at radius 3 is 2.52 bits per heavy atom. The second-order valence-corrected chi connectivity index (χ2v) is 6.53. The average Bonchev–Trinajstić information content (AvgIpc) is 3.08. The summed E-state index contributed by atoms with van der Waals surface area (Å²) in [5.74, 6) is 0.265. The van der Waals surface area contributed by atoms with Gasteiger partial charge in [-0.3, -0.25) is 9.59 Å². The number of piperidine rings is 1. The van der Waals surface area contributed by atoms with Gasteiger partial charge in [-0.15, -0.1) is 12.4 Å². The van der Waals surface area contributed by atoms with Gasteiger partial charge in [0.1, 0.15) is 6.04 Å². The molecule has 3 heterocycles. The van der Waals surface area contributed by atoms with E-state index in [1.807, 2.05) is 9.80 Å². The number of hydrogen-bond donors (Lipinski definition) is 1. The number of likely N-dealkylation sites (tertiary alicyclic amines) is 1. The molecule has 3 fully saturated rings. The van der Waals surface area contributed by atoms with Gasteiger partial charge in [0.05, 0.1) is 13.2 Å². The van der Waals surface area contributed by atoms with E-state index in [0.29, 0.717) is 38.8 Å². The van der Waals surface area contributed by atoms with Gasteiger partial charge in [-0.25, -0.2) is 0 Å². The van der Waals surface area contributed by atoms with E-state index in [1.165, 1.54) is 0 Å². The van der Waals surface area contributed by atoms with Crippen LogP contribution >= 0.6 is 12.4 Å². The minimum atomic E-state index is -0.249. The predicted molar refractivity (Wildman–Crippen MR) is 89.6 cm³/mol. The Hall–Kier alpha value is -0.850. The fourth-order valence-electron chi connectivity index (χ4n) is 3.74. The largest absolute Gasteiger partial charge is 0.378 e. The molecule has 132 valence electrons. The van der Waals surface area contributed by atoms with Gasteiger partial charge in [-0.05, 0) is 38.6 Å². The topological polar surface area (TPSA) is 61.9 Å². The van der Waals surface area contributed by atoms with E-state index in [-0.39, 0.29) is 30.3 Å². The number of carbonyl (C=O) groups excluding carboxylic acids is 2. The highest BCUT2D eigenvalue weighted by Gasteiger charge is 2.35. The van der Waals surface area contributed by atoms with E-state index < -0.39 is 0 Å². The minimum absolute atomic E-state index is 0. The zero-order valence-corrected chi connectivity index (χ0v) is 14.5. The van der Waals surface area contributed by atoms with Crippen LogP contribution in [-0.4, -0.2) is 73.1 Å². The number of carbonyl (C=O) groups is 2. The van der Waals surface area contributed by atoms with E-state index in [2.05, 4.69) is 5.32 Å². The van der Waals surface area contributed by atoms with Crippen LogP contribution in [-0.2, 0) is 14.3 Å². The molecule has 0 bridgehead atoms. The number of morpholine rings is 1. The summed E-state index contributed by atoms with van der Waals surface area (Å²) in [6.45, 7) is 4.26. The van der Waals surface area contributed by atoms with Crippen LogP contribution < -0.4 is 5.32 Å². The minimum Gasteiger partial charge on any atom is -0.378 e. The van der Waals surface area contributed by atoms with Crippen molar-refractivity contribution >= 4 is 24.2 Å². The molecule has 2 atom stereocenters. The number of hydrogen-bond acceptors (Lipinski definition) is 4. The molecule has 2 amide bonds. The molecule has 7 heteroatoms. The van der Waals surface area contributed by atoms with Gasteiger partial charge in [0.15, 0.2) is 0 Å². The first-order valence-corrected chi connectivity index (χ1v) is 8.65. The maximum Gasteiger partial charge on any atom is 0.245 e. The fraction of sp³-hybridized carbons (Fsp3) is 0.875. The number of nitrogens with zero attached hydrogens (tertiary/aromatic N) is 2. The van der Waals surface area contributed by atoms with Crippen LogP contribution in [0.15, 0.2) is 0 Å². The van der Waals surface area contributed by atoms with Crippen molar-refractivity contribution in [2.24, 2.45) is 0 Å². The number of halogens is 1. The van der Waals surface area contributed by atoms with Gasteiger partial charge in [0.25, 0.3) is 0 Å². The standard InChI is InChI=1S/C16H27N3O3.ClH/c20-15(12-13-4-3-6-17-13)19-7-2-1-5-14(19)16(21)18-8-10-22-11-9-18;/h13-14,17H,1-12H2;1H. The Balaban J connectivity index is 0.00000192. The molecule has 23 heavy (non-hydrogen) atoms. The van der Waals surface area contributed by atoms with Crippen molar-refractivity contribution in [2.45, 2.75) is 50.6 Å². The molecule has 1 N–H and O–H groups in total. The summed E-state index contributed by atoms with van der Waals surface area (Å²) in [5.41, 5.74) is 0. The van der Waals surface area contributed by atoms with Gasteiger partial charge in [-0.1, -0.05) is 0 Å². The van der Waals surface area contributed by atoms with E-state index in [4.69, 9.17) is 4.74 Å². The zero-order valence-electron chi connectivity index (χ0n) is 13.7. The lowest BCUT2D eigenvalue weighted by Gasteiger charge is -2.39. The molecule has 6 nitrogen and oxygen atoms in total.